The summed E-state index contributed by atoms with van der Waals surface area (Å²) in [4.78, 5) is 12.0. The zero-order chi connectivity index (χ0) is 17.5. The molecule has 0 radical (unpaired) electrons. The van der Waals surface area contributed by atoms with Crippen molar-refractivity contribution in [2.75, 3.05) is 0 Å². The Hall–Kier alpha value is -1.13. The number of allylic oxidation sites excluding steroid dienone is 2. The van der Waals surface area contributed by atoms with Crippen molar-refractivity contribution in [1.82, 2.24) is 0 Å². The Balaban J connectivity index is 1.90. The van der Waals surface area contributed by atoms with Gasteiger partial charge < -0.3 is 14.6 Å². The molecule has 0 saturated carbocycles. The summed E-state index contributed by atoms with van der Waals surface area (Å²) in [5.41, 5.74) is 1.03. The van der Waals surface area contributed by atoms with Gasteiger partial charge in [0.1, 0.15) is 6.10 Å². The van der Waals surface area contributed by atoms with Gasteiger partial charge in [-0.2, -0.15) is 0 Å². The van der Waals surface area contributed by atoms with Gasteiger partial charge in [0.05, 0.1) is 17.8 Å². The second kappa shape index (κ2) is 6.64. The molecule has 3 heterocycles. The Kier molecular flexibility index (Phi) is 4.89. The van der Waals surface area contributed by atoms with Crippen molar-refractivity contribution in [3.05, 3.63) is 23.8 Å². The standard InChI is InChI=1S/C20H30O4/c1-12-7-5-9-13(2)17-18-15(14(3)19(21)24-18)11-16(23-17)20(4,22)10-6-8-12/h8,13,15-18,22H,3,5-7,9-11H2,1-2,4H3/b12-8+. The van der Waals surface area contributed by atoms with E-state index in [1.54, 1.807) is 0 Å². The molecule has 3 rings (SSSR count). The third-order valence-corrected chi connectivity index (χ3v) is 6.09. The van der Waals surface area contributed by atoms with Crippen LogP contribution in [0.3, 0.4) is 0 Å². The van der Waals surface area contributed by atoms with Crippen LogP contribution in [0.15, 0.2) is 23.8 Å². The second-order valence-electron chi connectivity index (χ2n) is 8.14. The summed E-state index contributed by atoms with van der Waals surface area (Å²) in [5.74, 6) is -0.0506. The summed E-state index contributed by atoms with van der Waals surface area (Å²) in [6.45, 7) is 10.1. The summed E-state index contributed by atoms with van der Waals surface area (Å²) < 4.78 is 11.9. The fraction of sp³-hybridized carbons (Fsp3) is 0.750. The number of carbonyl (C=O) groups excluding carboxylic acids is 1. The highest BCUT2D eigenvalue weighted by Gasteiger charge is 2.53. The zero-order valence-electron chi connectivity index (χ0n) is 15.1. The number of fused-ring (bicyclic) bond motifs is 4. The minimum Gasteiger partial charge on any atom is -0.456 e. The minimum absolute atomic E-state index is 0.0320. The molecule has 6 unspecified atom stereocenters. The van der Waals surface area contributed by atoms with Gasteiger partial charge in [0, 0.05) is 11.5 Å². The first-order valence-corrected chi connectivity index (χ1v) is 9.23. The average Bonchev–Trinajstić information content (AvgIpc) is 2.80. The lowest BCUT2D eigenvalue weighted by molar-refractivity contribution is -0.208. The molecule has 3 aliphatic rings. The molecule has 24 heavy (non-hydrogen) atoms. The van der Waals surface area contributed by atoms with E-state index in [0.29, 0.717) is 18.4 Å². The van der Waals surface area contributed by atoms with E-state index in [1.807, 2.05) is 6.92 Å². The number of hydrogen-bond donors (Lipinski definition) is 1. The van der Waals surface area contributed by atoms with Crippen molar-refractivity contribution in [2.45, 2.75) is 83.2 Å². The van der Waals surface area contributed by atoms with Gasteiger partial charge in [-0.1, -0.05) is 25.2 Å². The van der Waals surface area contributed by atoms with Crippen LogP contribution in [0.25, 0.3) is 0 Å². The molecule has 0 aliphatic carbocycles. The quantitative estimate of drug-likeness (QED) is 0.418. The van der Waals surface area contributed by atoms with Gasteiger partial charge in [-0.05, 0) is 58.3 Å². The van der Waals surface area contributed by atoms with E-state index >= 15 is 0 Å². The monoisotopic (exact) mass is 334 g/mol. The van der Waals surface area contributed by atoms with Crippen LogP contribution in [0.2, 0.25) is 0 Å². The number of carbonyl (C=O) groups is 1. The van der Waals surface area contributed by atoms with Crippen LogP contribution in [-0.4, -0.2) is 35.0 Å². The van der Waals surface area contributed by atoms with Crippen LogP contribution >= 0.6 is 0 Å². The van der Waals surface area contributed by atoms with E-state index in [-0.39, 0.29) is 36.1 Å². The first-order valence-electron chi connectivity index (χ1n) is 9.23. The average molecular weight is 334 g/mol. The van der Waals surface area contributed by atoms with E-state index in [4.69, 9.17) is 9.47 Å². The van der Waals surface area contributed by atoms with Crippen LogP contribution in [0, 0.1) is 11.8 Å². The van der Waals surface area contributed by atoms with Gasteiger partial charge in [-0.25, -0.2) is 4.79 Å². The number of esters is 1. The lowest BCUT2D eigenvalue weighted by atomic mass is 9.76. The van der Waals surface area contributed by atoms with Crippen LogP contribution < -0.4 is 0 Å². The van der Waals surface area contributed by atoms with Crippen LogP contribution in [0.1, 0.15) is 59.3 Å². The predicted molar refractivity (Wildman–Crippen MR) is 92.4 cm³/mol. The van der Waals surface area contributed by atoms with Gasteiger partial charge in [-0.3, -0.25) is 0 Å². The fourth-order valence-corrected chi connectivity index (χ4v) is 4.36. The Labute approximate surface area is 144 Å². The maximum Gasteiger partial charge on any atom is 0.334 e. The molecule has 0 aromatic carbocycles. The Bertz CT molecular complexity index is 548. The van der Waals surface area contributed by atoms with E-state index in [0.717, 1.165) is 25.7 Å². The summed E-state index contributed by atoms with van der Waals surface area (Å²) in [6.07, 6.45) is 6.87. The maximum absolute atomic E-state index is 12.0. The lowest BCUT2D eigenvalue weighted by Gasteiger charge is -2.45. The summed E-state index contributed by atoms with van der Waals surface area (Å²) in [7, 11) is 0. The van der Waals surface area contributed by atoms with Gasteiger partial charge in [0.2, 0.25) is 0 Å². The SMILES string of the molecule is C=C1C(=O)OC2C1CC1OC2C(C)CCC/C(C)=C/CCC1(C)O. The maximum atomic E-state index is 12.0. The van der Waals surface area contributed by atoms with Gasteiger partial charge >= 0.3 is 5.97 Å². The topological polar surface area (TPSA) is 55.8 Å². The third kappa shape index (κ3) is 3.31. The predicted octanol–water partition coefficient (Wildman–Crippen LogP) is 3.54. The molecule has 2 fully saturated rings. The van der Waals surface area contributed by atoms with Crippen molar-refractivity contribution < 1.29 is 19.4 Å². The minimum atomic E-state index is -0.912. The van der Waals surface area contributed by atoms with Crippen molar-refractivity contribution in [3.63, 3.8) is 0 Å². The molecular weight excluding hydrogens is 304 g/mol. The zero-order valence-corrected chi connectivity index (χ0v) is 15.1. The molecule has 4 nitrogen and oxygen atoms in total. The number of rotatable bonds is 0. The van der Waals surface area contributed by atoms with Gasteiger partial charge in [0.25, 0.3) is 0 Å². The normalized spacial score (nSPS) is 46.2. The Morgan fingerprint density at radius 3 is 2.88 bits per heavy atom. The Morgan fingerprint density at radius 2 is 2.12 bits per heavy atom. The summed E-state index contributed by atoms with van der Waals surface area (Å²) >= 11 is 0. The molecule has 6 atom stereocenters. The largest absolute Gasteiger partial charge is 0.456 e. The van der Waals surface area contributed by atoms with E-state index in [1.165, 1.54) is 5.57 Å². The molecule has 3 aliphatic heterocycles. The fourth-order valence-electron chi connectivity index (χ4n) is 4.36. The molecule has 134 valence electrons. The number of ether oxygens (including phenoxy) is 2. The number of aliphatic hydroxyl groups is 1. The van der Waals surface area contributed by atoms with Gasteiger partial charge in [0.15, 0.2) is 0 Å². The molecule has 0 aromatic rings. The highest BCUT2D eigenvalue weighted by molar-refractivity contribution is 5.90. The van der Waals surface area contributed by atoms with Crippen molar-refractivity contribution in [2.24, 2.45) is 11.8 Å². The summed E-state index contributed by atoms with van der Waals surface area (Å²) in [6, 6.07) is 0. The molecular formula is C20H30O4. The highest BCUT2D eigenvalue weighted by atomic mass is 16.6. The molecule has 2 saturated heterocycles. The molecule has 2 bridgehead atoms. The van der Waals surface area contributed by atoms with Crippen molar-refractivity contribution in [3.8, 4) is 0 Å². The third-order valence-electron chi connectivity index (χ3n) is 6.09. The summed E-state index contributed by atoms with van der Waals surface area (Å²) in [5, 5.41) is 11.0. The second-order valence-corrected chi connectivity index (χ2v) is 8.14. The highest BCUT2D eigenvalue weighted by Crippen LogP contribution is 2.44. The van der Waals surface area contributed by atoms with Crippen molar-refractivity contribution >= 4 is 5.97 Å². The van der Waals surface area contributed by atoms with E-state index in [2.05, 4.69) is 26.5 Å². The van der Waals surface area contributed by atoms with Crippen LogP contribution in [-0.2, 0) is 14.3 Å². The number of hydrogen-bond acceptors (Lipinski definition) is 4. The Morgan fingerprint density at radius 1 is 1.38 bits per heavy atom. The lowest BCUT2D eigenvalue weighted by Crippen LogP contribution is -2.54. The smallest absolute Gasteiger partial charge is 0.334 e. The van der Waals surface area contributed by atoms with Crippen LogP contribution in [0.4, 0.5) is 0 Å². The van der Waals surface area contributed by atoms with E-state index in [9.17, 15) is 9.90 Å². The molecule has 0 aromatic heterocycles. The first-order chi connectivity index (χ1) is 11.3. The molecule has 0 amide bonds. The molecule has 4 heteroatoms. The van der Waals surface area contributed by atoms with Crippen molar-refractivity contribution in [1.29, 1.82) is 0 Å². The van der Waals surface area contributed by atoms with Crippen LogP contribution in [0.5, 0.6) is 0 Å². The van der Waals surface area contributed by atoms with E-state index < -0.39 is 5.60 Å². The molecule has 0 spiro atoms. The first kappa shape index (κ1) is 17.7. The van der Waals surface area contributed by atoms with Gasteiger partial charge in [-0.15, -0.1) is 0 Å². The molecule has 1 N–H and O–H groups in total.